The highest BCUT2D eigenvalue weighted by atomic mass is 28.4. The third-order valence-corrected chi connectivity index (χ3v) is 11.4. The molecule has 0 amide bonds. The molecule has 2 aromatic carbocycles. The molecule has 2 aromatic rings. The third kappa shape index (κ3) is 8.40. The van der Waals surface area contributed by atoms with Crippen molar-refractivity contribution in [3.8, 4) is 0 Å². The van der Waals surface area contributed by atoms with Gasteiger partial charge in [0.1, 0.15) is 0 Å². The molecule has 2 unspecified atom stereocenters. The second-order valence-electron chi connectivity index (χ2n) is 10.3. The molecular weight excluding hydrogens is 426 g/mol. The number of ether oxygens (including phenoxy) is 1. The molecule has 0 N–H and O–H groups in total. The zero-order valence-corrected chi connectivity index (χ0v) is 22.6. The van der Waals surface area contributed by atoms with E-state index in [9.17, 15) is 4.79 Å². The average Bonchev–Trinajstić information content (AvgIpc) is 2.77. The molecule has 0 heterocycles. The zero-order valence-electron chi connectivity index (χ0n) is 21.6. The van der Waals surface area contributed by atoms with Gasteiger partial charge in [-0.05, 0) is 49.5 Å². The Bertz CT molecular complexity index is 833. The first-order valence-corrected chi connectivity index (χ1v) is 15.1. The summed E-state index contributed by atoms with van der Waals surface area (Å²) in [5.41, 5.74) is 2.48. The molecule has 4 nitrogen and oxygen atoms in total. The van der Waals surface area contributed by atoms with Crippen molar-refractivity contribution in [2.75, 3.05) is 13.2 Å². The second-order valence-corrected chi connectivity index (χ2v) is 15.1. The van der Waals surface area contributed by atoms with Gasteiger partial charge in [-0.25, -0.2) is 0 Å². The van der Waals surface area contributed by atoms with Crippen LogP contribution in [0.5, 0.6) is 0 Å². The standard InChI is InChI=1S/C28H43NO3Si/c1-8-31-27(30)21-26(19-20-32-33(6,7)28(3,4)5)29(22-24-15-11-9-12-16-24)23(2)25-17-13-10-14-18-25/h9-18,23,26H,8,19-22H2,1-7H3. The summed E-state index contributed by atoms with van der Waals surface area (Å²) >= 11 is 0. The summed E-state index contributed by atoms with van der Waals surface area (Å²) in [4.78, 5) is 15.0. The first kappa shape index (κ1) is 27.3. The van der Waals surface area contributed by atoms with E-state index in [0.29, 0.717) is 19.6 Å². The lowest BCUT2D eigenvalue weighted by Gasteiger charge is -2.39. The lowest BCUT2D eigenvalue weighted by atomic mass is 10.00. The fraction of sp³-hybridized carbons (Fsp3) is 0.536. The van der Waals surface area contributed by atoms with Gasteiger partial charge >= 0.3 is 5.97 Å². The number of nitrogens with zero attached hydrogens (tertiary/aromatic N) is 1. The van der Waals surface area contributed by atoms with Crippen molar-refractivity contribution in [2.45, 2.75) is 84.2 Å². The van der Waals surface area contributed by atoms with Crippen LogP contribution in [0.1, 0.15) is 64.6 Å². The number of esters is 1. The minimum absolute atomic E-state index is 0.0178. The summed E-state index contributed by atoms with van der Waals surface area (Å²) < 4.78 is 11.9. The van der Waals surface area contributed by atoms with Gasteiger partial charge in [-0.1, -0.05) is 81.4 Å². The van der Waals surface area contributed by atoms with Gasteiger partial charge < -0.3 is 9.16 Å². The largest absolute Gasteiger partial charge is 0.466 e. The highest BCUT2D eigenvalue weighted by Crippen LogP contribution is 2.37. The Labute approximate surface area is 202 Å². The van der Waals surface area contributed by atoms with Crippen LogP contribution in [0.15, 0.2) is 60.7 Å². The van der Waals surface area contributed by atoms with Gasteiger partial charge in [0.05, 0.1) is 13.0 Å². The van der Waals surface area contributed by atoms with Crippen molar-refractivity contribution in [3.05, 3.63) is 71.8 Å². The normalized spacial score (nSPS) is 14.2. The second kappa shape index (κ2) is 12.5. The van der Waals surface area contributed by atoms with E-state index < -0.39 is 8.32 Å². The zero-order chi connectivity index (χ0) is 24.5. The van der Waals surface area contributed by atoms with E-state index in [0.717, 1.165) is 13.0 Å². The van der Waals surface area contributed by atoms with Gasteiger partial charge in [0, 0.05) is 25.2 Å². The van der Waals surface area contributed by atoms with Crippen LogP contribution in [0.3, 0.4) is 0 Å². The van der Waals surface area contributed by atoms with E-state index in [1.54, 1.807) is 0 Å². The van der Waals surface area contributed by atoms with Crippen LogP contribution in [0.2, 0.25) is 18.1 Å². The number of benzene rings is 2. The van der Waals surface area contributed by atoms with E-state index in [1.165, 1.54) is 11.1 Å². The molecule has 0 saturated heterocycles. The fourth-order valence-electron chi connectivity index (χ4n) is 3.76. The van der Waals surface area contributed by atoms with Crippen molar-refractivity contribution in [3.63, 3.8) is 0 Å². The summed E-state index contributed by atoms with van der Waals surface area (Å²) in [6.45, 7) is 17.2. The highest BCUT2D eigenvalue weighted by Gasteiger charge is 2.37. The minimum atomic E-state index is -1.86. The third-order valence-electron chi connectivity index (χ3n) is 6.88. The van der Waals surface area contributed by atoms with E-state index in [4.69, 9.17) is 9.16 Å². The minimum Gasteiger partial charge on any atom is -0.466 e. The summed E-state index contributed by atoms with van der Waals surface area (Å²) in [5, 5.41) is 0.157. The van der Waals surface area contributed by atoms with Crippen LogP contribution >= 0.6 is 0 Å². The lowest BCUT2D eigenvalue weighted by Crippen LogP contribution is -2.43. The predicted molar refractivity (Wildman–Crippen MR) is 140 cm³/mol. The summed E-state index contributed by atoms with van der Waals surface area (Å²) in [6.07, 6.45) is 1.15. The Kier molecular flexibility index (Phi) is 10.3. The van der Waals surface area contributed by atoms with Crippen LogP contribution in [-0.4, -0.2) is 38.4 Å². The van der Waals surface area contributed by atoms with E-state index in [-0.39, 0.29) is 23.1 Å². The first-order valence-electron chi connectivity index (χ1n) is 12.2. The van der Waals surface area contributed by atoms with E-state index >= 15 is 0 Å². The maximum Gasteiger partial charge on any atom is 0.307 e. The van der Waals surface area contributed by atoms with Crippen LogP contribution in [0, 0.1) is 0 Å². The van der Waals surface area contributed by atoms with Crippen molar-refractivity contribution >= 4 is 14.3 Å². The van der Waals surface area contributed by atoms with Crippen LogP contribution < -0.4 is 0 Å². The molecule has 2 rings (SSSR count). The Morgan fingerprint density at radius 1 is 1.00 bits per heavy atom. The first-order chi connectivity index (χ1) is 15.5. The molecule has 0 radical (unpaired) electrons. The summed E-state index contributed by atoms with van der Waals surface area (Å²) in [6, 6.07) is 21.2. The molecule has 0 saturated carbocycles. The maximum absolute atomic E-state index is 12.6. The van der Waals surface area contributed by atoms with Crippen molar-refractivity contribution < 1.29 is 14.0 Å². The van der Waals surface area contributed by atoms with E-state index in [2.05, 4.69) is 94.2 Å². The number of hydrogen-bond acceptors (Lipinski definition) is 4. The van der Waals surface area contributed by atoms with Crippen LogP contribution in [0.4, 0.5) is 0 Å². The highest BCUT2D eigenvalue weighted by molar-refractivity contribution is 6.74. The Hall–Kier alpha value is -1.95. The predicted octanol–water partition coefficient (Wildman–Crippen LogP) is 6.98. The van der Waals surface area contributed by atoms with Crippen molar-refractivity contribution in [1.29, 1.82) is 0 Å². The van der Waals surface area contributed by atoms with Gasteiger partial charge in [-0.15, -0.1) is 0 Å². The molecule has 0 spiro atoms. The van der Waals surface area contributed by atoms with Gasteiger partial charge in [0.2, 0.25) is 0 Å². The summed E-state index contributed by atoms with van der Waals surface area (Å²) in [7, 11) is -1.86. The number of rotatable bonds is 12. The molecule has 33 heavy (non-hydrogen) atoms. The van der Waals surface area contributed by atoms with Gasteiger partial charge in [-0.2, -0.15) is 0 Å². The average molecular weight is 470 g/mol. The monoisotopic (exact) mass is 469 g/mol. The number of hydrogen-bond donors (Lipinski definition) is 0. The van der Waals surface area contributed by atoms with Crippen LogP contribution in [-0.2, 0) is 20.5 Å². The molecule has 0 aliphatic rings. The van der Waals surface area contributed by atoms with Crippen molar-refractivity contribution in [2.24, 2.45) is 0 Å². The smallest absolute Gasteiger partial charge is 0.307 e. The number of carbonyl (C=O) groups excluding carboxylic acids is 1. The lowest BCUT2D eigenvalue weighted by molar-refractivity contribution is -0.145. The van der Waals surface area contributed by atoms with Crippen LogP contribution in [0.25, 0.3) is 0 Å². The van der Waals surface area contributed by atoms with Gasteiger partial charge in [0.15, 0.2) is 8.32 Å². The Balaban J connectivity index is 2.30. The molecular formula is C28H43NO3Si. The fourth-order valence-corrected chi connectivity index (χ4v) is 4.82. The molecule has 0 aliphatic heterocycles. The van der Waals surface area contributed by atoms with Crippen molar-refractivity contribution in [1.82, 2.24) is 4.90 Å². The number of carbonyl (C=O) groups is 1. The maximum atomic E-state index is 12.6. The molecule has 2 atom stereocenters. The van der Waals surface area contributed by atoms with Gasteiger partial charge in [0.25, 0.3) is 0 Å². The quantitative estimate of drug-likeness (QED) is 0.248. The van der Waals surface area contributed by atoms with Gasteiger partial charge in [-0.3, -0.25) is 9.69 Å². The SMILES string of the molecule is CCOC(=O)CC(CCO[Si](C)(C)C(C)(C)C)N(Cc1ccccc1)C(C)c1ccccc1. The molecule has 182 valence electrons. The topological polar surface area (TPSA) is 38.8 Å². The molecule has 5 heteroatoms. The Morgan fingerprint density at radius 3 is 2.12 bits per heavy atom. The molecule has 0 aliphatic carbocycles. The molecule has 0 bridgehead atoms. The molecule has 0 aromatic heterocycles. The van der Waals surface area contributed by atoms with E-state index in [1.807, 2.05) is 19.1 Å². The molecule has 0 fully saturated rings. The Morgan fingerprint density at radius 2 is 1.58 bits per heavy atom. The summed E-state index contributed by atoms with van der Waals surface area (Å²) in [5.74, 6) is -0.145.